The van der Waals surface area contributed by atoms with Crippen LogP contribution >= 0.6 is 31.9 Å². The molecule has 0 radical (unpaired) electrons. The molecule has 0 aromatic heterocycles. The number of aliphatic carboxylic acids is 1. The van der Waals surface area contributed by atoms with Crippen LogP contribution in [0.25, 0.3) is 0 Å². The molecule has 0 saturated carbocycles. The maximum absolute atomic E-state index is 11.0. The summed E-state index contributed by atoms with van der Waals surface area (Å²) in [5, 5.41) is 12.5. The van der Waals surface area contributed by atoms with E-state index in [-0.39, 0.29) is 9.45 Å². The maximum Gasteiger partial charge on any atom is 0.358 e. The second kappa shape index (κ2) is 6.00. The zero-order valence-corrected chi connectivity index (χ0v) is 11.5. The Balaban J connectivity index is 3.30. The van der Waals surface area contributed by atoms with Crippen LogP contribution in [0.3, 0.4) is 0 Å². The van der Waals surface area contributed by atoms with E-state index in [1.807, 2.05) is 6.07 Å². The number of hydrogen-bond donors (Lipinski definition) is 1. The highest BCUT2D eigenvalue weighted by atomic mass is 79.9. The number of oxime groups is 1. The van der Waals surface area contributed by atoms with Crippen molar-refractivity contribution in [3.8, 4) is 0 Å². The largest absolute Gasteiger partial charge is 0.476 e. The van der Waals surface area contributed by atoms with Gasteiger partial charge in [-0.25, -0.2) is 4.79 Å². The fraction of sp³-hybridized carbons (Fsp3) is 0.200. The van der Waals surface area contributed by atoms with Gasteiger partial charge in [0.15, 0.2) is 5.71 Å². The molecule has 16 heavy (non-hydrogen) atoms. The minimum atomic E-state index is -1.13. The topological polar surface area (TPSA) is 58.9 Å². The fourth-order valence-electron chi connectivity index (χ4n) is 1.20. The molecule has 1 N–H and O–H groups in total. The molecular formula is C10H9Br2NO3. The van der Waals surface area contributed by atoms with E-state index in [4.69, 9.17) is 5.11 Å². The fourth-order valence-corrected chi connectivity index (χ4v) is 2.00. The molecule has 0 heterocycles. The van der Waals surface area contributed by atoms with Gasteiger partial charge < -0.3 is 9.94 Å². The van der Waals surface area contributed by atoms with E-state index in [1.165, 1.54) is 7.11 Å². The predicted molar refractivity (Wildman–Crippen MR) is 68.2 cm³/mol. The number of carbonyl (C=O) groups is 1. The number of carboxylic acid groups (broad SMARTS) is 1. The summed E-state index contributed by atoms with van der Waals surface area (Å²) in [6, 6.07) is 7.05. The third-order valence-electron chi connectivity index (χ3n) is 1.84. The Kier molecular flexibility index (Phi) is 4.95. The lowest BCUT2D eigenvalue weighted by Crippen LogP contribution is -2.16. The molecule has 86 valence electrons. The van der Waals surface area contributed by atoms with E-state index >= 15 is 0 Å². The van der Waals surface area contributed by atoms with Gasteiger partial charge in [-0.3, -0.25) is 0 Å². The highest BCUT2D eigenvalue weighted by Gasteiger charge is 2.19. The summed E-state index contributed by atoms with van der Waals surface area (Å²) >= 11 is 6.66. The lowest BCUT2D eigenvalue weighted by atomic mass is 10.0. The van der Waals surface area contributed by atoms with E-state index < -0.39 is 5.97 Å². The van der Waals surface area contributed by atoms with Crippen molar-refractivity contribution in [2.75, 3.05) is 7.11 Å². The van der Waals surface area contributed by atoms with Crippen LogP contribution in [-0.2, 0) is 9.63 Å². The number of halogens is 2. The molecule has 0 atom stereocenters. The molecule has 1 rings (SSSR count). The highest BCUT2D eigenvalue weighted by molar-refractivity contribution is 9.24. The second-order valence-corrected chi connectivity index (χ2v) is 5.88. The van der Waals surface area contributed by atoms with E-state index in [0.717, 1.165) is 5.56 Å². The first-order valence-electron chi connectivity index (χ1n) is 4.29. The number of alkyl halides is 2. The van der Waals surface area contributed by atoms with E-state index in [2.05, 4.69) is 41.9 Å². The molecule has 0 unspecified atom stereocenters. The van der Waals surface area contributed by atoms with Crippen molar-refractivity contribution < 1.29 is 14.7 Å². The Hall–Kier alpha value is -0.880. The molecule has 0 aliphatic heterocycles. The van der Waals surface area contributed by atoms with Gasteiger partial charge >= 0.3 is 5.97 Å². The third kappa shape index (κ3) is 3.05. The smallest absolute Gasteiger partial charge is 0.358 e. The lowest BCUT2D eigenvalue weighted by molar-refractivity contribution is -0.129. The van der Waals surface area contributed by atoms with E-state index in [0.29, 0.717) is 5.56 Å². The number of carboxylic acids is 1. The van der Waals surface area contributed by atoms with Crippen LogP contribution in [0.4, 0.5) is 0 Å². The number of rotatable bonds is 4. The van der Waals surface area contributed by atoms with Crippen LogP contribution in [0, 0.1) is 0 Å². The minimum absolute atomic E-state index is 0.123. The summed E-state index contributed by atoms with van der Waals surface area (Å²) in [6.07, 6.45) is 0. The van der Waals surface area contributed by atoms with Crippen molar-refractivity contribution in [2.45, 2.75) is 3.74 Å². The summed E-state index contributed by atoms with van der Waals surface area (Å²) in [7, 11) is 1.31. The molecule has 0 aliphatic carbocycles. The first kappa shape index (κ1) is 13.2. The van der Waals surface area contributed by atoms with Crippen molar-refractivity contribution in [1.29, 1.82) is 0 Å². The Bertz CT molecular complexity index is 418. The number of nitrogens with zero attached hydrogens (tertiary/aromatic N) is 1. The van der Waals surface area contributed by atoms with Gasteiger partial charge in [-0.05, 0) is 5.56 Å². The maximum atomic E-state index is 11.0. The highest BCUT2D eigenvalue weighted by Crippen LogP contribution is 2.31. The normalized spacial score (nSPS) is 11.6. The molecule has 0 saturated heterocycles. The SMILES string of the molecule is CON=C(C(=O)O)c1ccccc1C(Br)Br. The van der Waals surface area contributed by atoms with Crippen molar-refractivity contribution in [3.63, 3.8) is 0 Å². The van der Waals surface area contributed by atoms with Gasteiger partial charge in [-0.1, -0.05) is 61.3 Å². The first-order chi connectivity index (χ1) is 7.57. The zero-order valence-electron chi connectivity index (χ0n) is 8.35. The van der Waals surface area contributed by atoms with Gasteiger partial charge in [0, 0.05) is 5.56 Å². The Morgan fingerprint density at radius 1 is 1.44 bits per heavy atom. The quantitative estimate of drug-likeness (QED) is 0.516. The van der Waals surface area contributed by atoms with Crippen molar-refractivity contribution in [2.24, 2.45) is 5.16 Å². The van der Waals surface area contributed by atoms with Crippen molar-refractivity contribution in [3.05, 3.63) is 35.4 Å². The average Bonchev–Trinajstić information content (AvgIpc) is 2.25. The average molecular weight is 351 g/mol. The van der Waals surface area contributed by atoms with Crippen LogP contribution in [0.15, 0.2) is 29.4 Å². The molecule has 0 fully saturated rings. The molecule has 0 spiro atoms. The Labute approximate surface area is 110 Å². The summed E-state index contributed by atoms with van der Waals surface area (Å²) in [5.74, 6) is -1.13. The summed E-state index contributed by atoms with van der Waals surface area (Å²) < 4.78 is -0.141. The van der Waals surface area contributed by atoms with Gasteiger partial charge in [0.25, 0.3) is 0 Å². The van der Waals surface area contributed by atoms with Crippen molar-refractivity contribution in [1.82, 2.24) is 0 Å². The summed E-state index contributed by atoms with van der Waals surface area (Å²) in [5.41, 5.74) is 1.17. The molecule has 0 bridgehead atoms. The van der Waals surface area contributed by atoms with Gasteiger partial charge in [0.1, 0.15) is 7.11 Å². The number of benzene rings is 1. The van der Waals surface area contributed by atoms with Gasteiger partial charge in [0.2, 0.25) is 0 Å². The summed E-state index contributed by atoms with van der Waals surface area (Å²) in [6.45, 7) is 0. The Morgan fingerprint density at radius 3 is 2.56 bits per heavy atom. The first-order valence-corrected chi connectivity index (χ1v) is 6.13. The molecule has 0 amide bonds. The van der Waals surface area contributed by atoms with Crippen LogP contribution < -0.4 is 0 Å². The minimum Gasteiger partial charge on any atom is -0.476 e. The van der Waals surface area contributed by atoms with Crippen LogP contribution in [0.2, 0.25) is 0 Å². The standard InChI is InChI=1S/C10H9Br2NO3/c1-16-13-8(10(14)15)6-4-2-3-5-7(6)9(11)12/h2-5,9H,1H3,(H,14,15). The van der Waals surface area contributed by atoms with Crippen LogP contribution in [0.5, 0.6) is 0 Å². The molecule has 1 aromatic carbocycles. The van der Waals surface area contributed by atoms with Crippen LogP contribution in [0.1, 0.15) is 14.9 Å². The van der Waals surface area contributed by atoms with Crippen molar-refractivity contribution >= 4 is 43.5 Å². The number of hydrogen-bond acceptors (Lipinski definition) is 3. The van der Waals surface area contributed by atoms with E-state index in [1.54, 1.807) is 18.2 Å². The lowest BCUT2D eigenvalue weighted by Gasteiger charge is -2.09. The predicted octanol–water partition coefficient (Wildman–Crippen LogP) is 2.91. The third-order valence-corrected chi connectivity index (χ3v) is 2.82. The van der Waals surface area contributed by atoms with Gasteiger partial charge in [-0.15, -0.1) is 0 Å². The zero-order chi connectivity index (χ0) is 12.1. The second-order valence-electron chi connectivity index (χ2n) is 2.82. The molecular weight excluding hydrogens is 342 g/mol. The molecule has 1 aromatic rings. The van der Waals surface area contributed by atoms with Crippen LogP contribution in [-0.4, -0.2) is 23.9 Å². The monoisotopic (exact) mass is 349 g/mol. The van der Waals surface area contributed by atoms with E-state index in [9.17, 15) is 4.79 Å². The molecule has 6 heteroatoms. The summed E-state index contributed by atoms with van der Waals surface area (Å²) in [4.78, 5) is 15.6. The Morgan fingerprint density at radius 2 is 2.06 bits per heavy atom. The van der Waals surface area contributed by atoms with Gasteiger partial charge in [-0.2, -0.15) is 0 Å². The van der Waals surface area contributed by atoms with Gasteiger partial charge in [0.05, 0.1) is 3.74 Å². The molecule has 0 aliphatic rings. The molecule has 4 nitrogen and oxygen atoms in total.